The maximum absolute atomic E-state index is 13.1. The van der Waals surface area contributed by atoms with E-state index >= 15 is 0 Å². The molecule has 0 radical (unpaired) electrons. The summed E-state index contributed by atoms with van der Waals surface area (Å²) in [5.74, 6) is -2.30. The highest BCUT2D eigenvalue weighted by Crippen LogP contribution is 2.34. The summed E-state index contributed by atoms with van der Waals surface area (Å²) in [5, 5.41) is 2.15. The van der Waals surface area contributed by atoms with Gasteiger partial charge in [0, 0.05) is 0 Å². The molecule has 1 amide bonds. The smallest absolute Gasteiger partial charge is 0.418 e. The molecule has 0 aromatic heterocycles. The number of amides is 1. The fourth-order valence-electron chi connectivity index (χ4n) is 3.00. The number of benzene rings is 3. The van der Waals surface area contributed by atoms with Crippen molar-refractivity contribution < 1.29 is 27.5 Å². The minimum Gasteiger partial charge on any atom is -0.455 e. The topological polar surface area (TPSA) is 55.4 Å². The van der Waals surface area contributed by atoms with E-state index < -0.39 is 41.8 Å². The first-order valence-corrected chi connectivity index (χ1v) is 9.09. The minimum atomic E-state index is -4.62. The zero-order valence-corrected chi connectivity index (χ0v) is 15.7. The molecule has 0 fully saturated rings. The van der Waals surface area contributed by atoms with Crippen LogP contribution in [0.4, 0.5) is 18.9 Å². The molecular weight excluding hydrogens is 395 g/mol. The van der Waals surface area contributed by atoms with Crippen LogP contribution in [0.1, 0.15) is 22.6 Å². The van der Waals surface area contributed by atoms with Crippen LogP contribution in [0, 0.1) is 0 Å². The Morgan fingerprint density at radius 3 is 1.83 bits per heavy atom. The van der Waals surface area contributed by atoms with Crippen molar-refractivity contribution in [3.8, 4) is 0 Å². The number of para-hydroxylation sites is 1. The van der Waals surface area contributed by atoms with Gasteiger partial charge in [-0.15, -0.1) is 0 Å². The standard InChI is InChI=1S/C23H18F3NO3/c24-23(25,26)18-13-7-8-14-19(18)27-20(28)15-30-22(29)21(16-9-3-1-4-10-16)17-11-5-2-6-12-17/h1-14,21H,15H2,(H,27,28). The lowest BCUT2D eigenvalue weighted by atomic mass is 9.91. The van der Waals surface area contributed by atoms with Gasteiger partial charge in [0.25, 0.3) is 5.91 Å². The van der Waals surface area contributed by atoms with Gasteiger partial charge in [0.1, 0.15) is 5.92 Å². The van der Waals surface area contributed by atoms with E-state index in [1.165, 1.54) is 12.1 Å². The Kier molecular flexibility index (Phi) is 6.51. The molecule has 0 aliphatic heterocycles. The van der Waals surface area contributed by atoms with Crippen LogP contribution < -0.4 is 5.32 Å². The van der Waals surface area contributed by atoms with E-state index in [0.29, 0.717) is 11.1 Å². The van der Waals surface area contributed by atoms with E-state index in [9.17, 15) is 22.8 Å². The lowest BCUT2D eigenvalue weighted by Crippen LogP contribution is -2.25. The highest BCUT2D eigenvalue weighted by Gasteiger charge is 2.33. The summed E-state index contributed by atoms with van der Waals surface area (Å²) in [6.07, 6.45) is -4.62. The number of nitrogens with one attached hydrogen (secondary N) is 1. The number of hydrogen-bond acceptors (Lipinski definition) is 3. The van der Waals surface area contributed by atoms with Crippen LogP contribution in [0.15, 0.2) is 84.9 Å². The van der Waals surface area contributed by atoms with Crippen molar-refractivity contribution in [1.29, 1.82) is 0 Å². The van der Waals surface area contributed by atoms with E-state index in [1.807, 2.05) is 12.1 Å². The summed E-state index contributed by atoms with van der Waals surface area (Å²) in [6.45, 7) is -0.707. The molecule has 1 N–H and O–H groups in total. The number of esters is 1. The molecule has 3 rings (SSSR count). The van der Waals surface area contributed by atoms with Gasteiger partial charge in [0.2, 0.25) is 0 Å². The molecule has 154 valence electrons. The summed E-state index contributed by atoms with van der Waals surface area (Å²) in [4.78, 5) is 24.9. The fourth-order valence-corrected chi connectivity index (χ4v) is 3.00. The Morgan fingerprint density at radius 1 is 0.800 bits per heavy atom. The first kappa shape index (κ1) is 21.1. The molecule has 3 aromatic carbocycles. The monoisotopic (exact) mass is 413 g/mol. The Bertz CT molecular complexity index is 965. The molecular formula is C23H18F3NO3. The summed E-state index contributed by atoms with van der Waals surface area (Å²) in [6, 6.07) is 22.4. The molecule has 0 atom stereocenters. The van der Waals surface area contributed by atoms with Crippen molar-refractivity contribution in [2.75, 3.05) is 11.9 Å². The van der Waals surface area contributed by atoms with Gasteiger partial charge >= 0.3 is 12.1 Å². The first-order valence-electron chi connectivity index (χ1n) is 9.09. The molecule has 0 saturated heterocycles. The van der Waals surface area contributed by atoms with E-state index in [-0.39, 0.29) is 0 Å². The zero-order chi connectivity index (χ0) is 21.6. The third kappa shape index (κ3) is 5.26. The molecule has 4 nitrogen and oxygen atoms in total. The van der Waals surface area contributed by atoms with Crippen LogP contribution in [0.2, 0.25) is 0 Å². The maximum atomic E-state index is 13.1. The number of alkyl halides is 3. The molecule has 0 aliphatic carbocycles. The van der Waals surface area contributed by atoms with E-state index in [0.717, 1.165) is 12.1 Å². The fraction of sp³-hybridized carbons (Fsp3) is 0.130. The van der Waals surface area contributed by atoms with Gasteiger partial charge in [-0.2, -0.15) is 13.2 Å². The number of carbonyl (C=O) groups is 2. The molecule has 0 saturated carbocycles. The van der Waals surface area contributed by atoms with Crippen LogP contribution in [-0.4, -0.2) is 18.5 Å². The molecule has 3 aromatic rings. The van der Waals surface area contributed by atoms with Gasteiger partial charge in [0.15, 0.2) is 6.61 Å². The number of rotatable bonds is 6. The van der Waals surface area contributed by atoms with Crippen LogP contribution in [0.3, 0.4) is 0 Å². The second-order valence-corrected chi connectivity index (χ2v) is 6.45. The van der Waals surface area contributed by atoms with Crippen molar-refractivity contribution in [1.82, 2.24) is 0 Å². The Hall–Kier alpha value is -3.61. The molecule has 0 unspecified atom stereocenters. The largest absolute Gasteiger partial charge is 0.455 e. The average Bonchev–Trinajstić information content (AvgIpc) is 2.74. The Morgan fingerprint density at radius 2 is 1.30 bits per heavy atom. The number of halogens is 3. The predicted molar refractivity (Wildman–Crippen MR) is 106 cm³/mol. The lowest BCUT2D eigenvalue weighted by molar-refractivity contribution is -0.148. The molecule has 7 heteroatoms. The number of carbonyl (C=O) groups excluding carboxylic acids is 2. The van der Waals surface area contributed by atoms with E-state index in [1.54, 1.807) is 48.5 Å². The highest BCUT2D eigenvalue weighted by atomic mass is 19.4. The zero-order valence-electron chi connectivity index (χ0n) is 15.7. The molecule has 30 heavy (non-hydrogen) atoms. The number of hydrogen-bond donors (Lipinski definition) is 1. The number of anilines is 1. The second-order valence-electron chi connectivity index (χ2n) is 6.45. The quantitative estimate of drug-likeness (QED) is 0.578. The summed E-state index contributed by atoms with van der Waals surface area (Å²) in [7, 11) is 0. The van der Waals surface area contributed by atoms with Crippen molar-refractivity contribution in [2.45, 2.75) is 12.1 Å². The maximum Gasteiger partial charge on any atom is 0.418 e. The van der Waals surface area contributed by atoms with Crippen LogP contribution in [0.25, 0.3) is 0 Å². The third-order valence-corrected chi connectivity index (χ3v) is 4.35. The predicted octanol–water partition coefficient (Wildman–Crippen LogP) is 5.02. The minimum absolute atomic E-state index is 0.395. The van der Waals surface area contributed by atoms with Gasteiger partial charge in [0.05, 0.1) is 11.3 Å². The number of ether oxygens (including phenoxy) is 1. The van der Waals surface area contributed by atoms with E-state index in [4.69, 9.17) is 4.74 Å². The third-order valence-electron chi connectivity index (χ3n) is 4.35. The van der Waals surface area contributed by atoms with Crippen molar-refractivity contribution >= 4 is 17.6 Å². The van der Waals surface area contributed by atoms with Gasteiger partial charge in [-0.1, -0.05) is 72.8 Å². The normalized spacial score (nSPS) is 11.2. The average molecular weight is 413 g/mol. The summed E-state index contributed by atoms with van der Waals surface area (Å²) in [5.41, 5.74) is -0.0158. The van der Waals surface area contributed by atoms with Gasteiger partial charge in [-0.05, 0) is 23.3 Å². The Labute approximate surface area is 171 Å². The van der Waals surface area contributed by atoms with Crippen molar-refractivity contribution in [3.63, 3.8) is 0 Å². The summed E-state index contributed by atoms with van der Waals surface area (Å²) < 4.78 is 44.3. The molecule has 0 heterocycles. The van der Waals surface area contributed by atoms with Gasteiger partial charge < -0.3 is 10.1 Å². The molecule has 0 aliphatic rings. The second kappa shape index (κ2) is 9.26. The highest BCUT2D eigenvalue weighted by molar-refractivity contribution is 5.94. The molecule has 0 bridgehead atoms. The van der Waals surface area contributed by atoms with Crippen LogP contribution >= 0.6 is 0 Å². The summed E-state index contributed by atoms with van der Waals surface area (Å²) >= 11 is 0. The van der Waals surface area contributed by atoms with E-state index in [2.05, 4.69) is 5.32 Å². The Balaban J connectivity index is 1.71. The lowest BCUT2D eigenvalue weighted by Gasteiger charge is -2.17. The van der Waals surface area contributed by atoms with Crippen LogP contribution in [0.5, 0.6) is 0 Å². The van der Waals surface area contributed by atoms with Crippen LogP contribution in [-0.2, 0) is 20.5 Å². The van der Waals surface area contributed by atoms with Gasteiger partial charge in [-0.3, -0.25) is 9.59 Å². The van der Waals surface area contributed by atoms with Crippen molar-refractivity contribution in [3.05, 3.63) is 102 Å². The van der Waals surface area contributed by atoms with Crippen molar-refractivity contribution in [2.24, 2.45) is 0 Å². The molecule has 0 spiro atoms. The first-order chi connectivity index (χ1) is 14.4. The SMILES string of the molecule is O=C(COC(=O)C(c1ccccc1)c1ccccc1)Nc1ccccc1C(F)(F)F. The van der Waals surface area contributed by atoms with Gasteiger partial charge in [-0.25, -0.2) is 0 Å².